The number of hydrogen-bond acceptors (Lipinski definition) is 3. The van der Waals surface area contributed by atoms with Gasteiger partial charge in [-0.25, -0.2) is 0 Å². The third-order valence-electron chi connectivity index (χ3n) is 2.60. The zero-order chi connectivity index (χ0) is 9.03. The highest BCUT2D eigenvalue weighted by atomic mass is 32.2. The van der Waals surface area contributed by atoms with E-state index in [2.05, 4.69) is 13.8 Å². The van der Waals surface area contributed by atoms with Gasteiger partial charge in [-0.15, -0.1) is 0 Å². The van der Waals surface area contributed by atoms with Crippen molar-refractivity contribution in [1.29, 1.82) is 0 Å². The van der Waals surface area contributed by atoms with Gasteiger partial charge in [0.1, 0.15) is 0 Å². The molecular weight excluding hydrogens is 170 g/mol. The SMILES string of the molecule is CCSC1(C(C)N)CCOCC1. The molecule has 0 radical (unpaired) electrons. The molecule has 1 unspecified atom stereocenters. The average molecular weight is 189 g/mol. The number of rotatable bonds is 3. The Hall–Kier alpha value is 0.270. The van der Waals surface area contributed by atoms with Gasteiger partial charge in [-0.05, 0) is 25.5 Å². The summed E-state index contributed by atoms with van der Waals surface area (Å²) in [6.07, 6.45) is 2.23. The number of nitrogens with two attached hydrogens (primary N) is 1. The summed E-state index contributed by atoms with van der Waals surface area (Å²) in [7, 11) is 0. The average Bonchev–Trinajstić information content (AvgIpc) is 2.06. The molecule has 72 valence electrons. The van der Waals surface area contributed by atoms with E-state index in [1.165, 1.54) is 0 Å². The third-order valence-corrected chi connectivity index (χ3v) is 4.24. The van der Waals surface area contributed by atoms with Gasteiger partial charge in [-0.1, -0.05) is 6.92 Å². The molecular formula is C9H19NOS. The normalized spacial score (nSPS) is 25.2. The molecule has 1 fully saturated rings. The fraction of sp³-hybridized carbons (Fsp3) is 1.00. The molecule has 0 amide bonds. The zero-order valence-electron chi connectivity index (χ0n) is 8.01. The molecule has 1 aliphatic rings. The highest BCUT2D eigenvalue weighted by Crippen LogP contribution is 2.37. The summed E-state index contributed by atoms with van der Waals surface area (Å²) in [6, 6.07) is 0.284. The fourth-order valence-electron chi connectivity index (χ4n) is 1.74. The lowest BCUT2D eigenvalue weighted by Crippen LogP contribution is -2.47. The zero-order valence-corrected chi connectivity index (χ0v) is 8.82. The summed E-state index contributed by atoms with van der Waals surface area (Å²) in [5, 5.41) is 0. The van der Waals surface area contributed by atoms with Crippen LogP contribution in [0.25, 0.3) is 0 Å². The molecule has 0 aromatic heterocycles. The maximum absolute atomic E-state index is 6.01. The Balaban J connectivity index is 2.56. The first-order valence-electron chi connectivity index (χ1n) is 4.68. The predicted octanol–water partition coefficient (Wildman–Crippen LogP) is 1.64. The maximum atomic E-state index is 6.01. The molecule has 1 rings (SSSR count). The Morgan fingerprint density at radius 3 is 2.50 bits per heavy atom. The molecule has 0 saturated carbocycles. The van der Waals surface area contributed by atoms with E-state index >= 15 is 0 Å². The number of thioether (sulfide) groups is 1. The van der Waals surface area contributed by atoms with Gasteiger partial charge in [0.15, 0.2) is 0 Å². The van der Waals surface area contributed by atoms with Crippen molar-refractivity contribution in [2.45, 2.75) is 37.5 Å². The molecule has 2 nitrogen and oxygen atoms in total. The van der Waals surface area contributed by atoms with E-state index in [0.29, 0.717) is 4.75 Å². The van der Waals surface area contributed by atoms with Gasteiger partial charge < -0.3 is 10.5 Å². The van der Waals surface area contributed by atoms with Crippen LogP contribution in [0.5, 0.6) is 0 Å². The van der Waals surface area contributed by atoms with Crippen LogP contribution in [0.4, 0.5) is 0 Å². The molecule has 0 bridgehead atoms. The van der Waals surface area contributed by atoms with Gasteiger partial charge in [0.05, 0.1) is 0 Å². The summed E-state index contributed by atoms with van der Waals surface area (Å²) in [4.78, 5) is 0. The fourth-order valence-corrected chi connectivity index (χ4v) is 3.03. The lowest BCUT2D eigenvalue weighted by atomic mass is 9.92. The summed E-state index contributed by atoms with van der Waals surface area (Å²) >= 11 is 2.00. The molecule has 0 aliphatic carbocycles. The lowest BCUT2D eigenvalue weighted by molar-refractivity contribution is 0.0723. The van der Waals surface area contributed by atoms with Crippen LogP contribution in [-0.2, 0) is 4.74 Å². The van der Waals surface area contributed by atoms with Crippen LogP contribution in [0.2, 0.25) is 0 Å². The third kappa shape index (κ3) is 2.15. The van der Waals surface area contributed by atoms with Crippen molar-refractivity contribution in [3.63, 3.8) is 0 Å². The minimum absolute atomic E-state index is 0.284. The summed E-state index contributed by atoms with van der Waals surface area (Å²) in [6.45, 7) is 6.08. The minimum Gasteiger partial charge on any atom is -0.381 e. The standard InChI is InChI=1S/C9H19NOS/c1-3-12-9(8(2)10)4-6-11-7-5-9/h8H,3-7,10H2,1-2H3. The van der Waals surface area contributed by atoms with Crippen molar-refractivity contribution in [2.75, 3.05) is 19.0 Å². The van der Waals surface area contributed by atoms with Crippen molar-refractivity contribution in [3.8, 4) is 0 Å². The molecule has 0 spiro atoms. The smallest absolute Gasteiger partial charge is 0.0479 e. The van der Waals surface area contributed by atoms with E-state index in [1.807, 2.05) is 11.8 Å². The second-order valence-corrected chi connectivity index (χ2v) is 5.08. The second-order valence-electron chi connectivity index (χ2n) is 3.40. The van der Waals surface area contributed by atoms with Crippen LogP contribution in [0.3, 0.4) is 0 Å². The minimum atomic E-state index is 0.284. The van der Waals surface area contributed by atoms with Gasteiger partial charge >= 0.3 is 0 Å². The van der Waals surface area contributed by atoms with Crippen molar-refractivity contribution < 1.29 is 4.74 Å². The second kappa shape index (κ2) is 4.49. The summed E-state index contributed by atoms with van der Waals surface area (Å²) in [5.41, 5.74) is 6.01. The van der Waals surface area contributed by atoms with Crippen molar-refractivity contribution in [2.24, 2.45) is 5.73 Å². The molecule has 1 saturated heterocycles. The van der Waals surface area contributed by atoms with Crippen LogP contribution in [-0.4, -0.2) is 29.8 Å². The molecule has 0 aromatic carbocycles. The van der Waals surface area contributed by atoms with Crippen molar-refractivity contribution >= 4 is 11.8 Å². The Bertz CT molecular complexity index is 127. The van der Waals surface area contributed by atoms with Gasteiger partial charge in [0.25, 0.3) is 0 Å². The largest absolute Gasteiger partial charge is 0.381 e. The monoisotopic (exact) mass is 189 g/mol. The molecule has 1 atom stereocenters. The Labute approximate surface area is 79.2 Å². The molecule has 1 heterocycles. The first-order chi connectivity index (χ1) is 5.71. The van der Waals surface area contributed by atoms with Crippen LogP contribution < -0.4 is 5.73 Å². The van der Waals surface area contributed by atoms with Crippen molar-refractivity contribution in [3.05, 3.63) is 0 Å². The van der Waals surface area contributed by atoms with E-state index in [0.717, 1.165) is 31.8 Å². The molecule has 2 N–H and O–H groups in total. The number of hydrogen-bond donors (Lipinski definition) is 1. The van der Waals surface area contributed by atoms with E-state index < -0.39 is 0 Å². The van der Waals surface area contributed by atoms with Crippen LogP contribution in [0.1, 0.15) is 26.7 Å². The van der Waals surface area contributed by atoms with Crippen LogP contribution in [0, 0.1) is 0 Å². The highest BCUT2D eigenvalue weighted by Gasteiger charge is 2.35. The van der Waals surface area contributed by atoms with Crippen molar-refractivity contribution in [1.82, 2.24) is 0 Å². The first-order valence-corrected chi connectivity index (χ1v) is 5.67. The molecule has 3 heteroatoms. The molecule has 12 heavy (non-hydrogen) atoms. The van der Waals surface area contributed by atoms with Gasteiger partial charge in [0.2, 0.25) is 0 Å². The number of ether oxygens (including phenoxy) is 1. The quantitative estimate of drug-likeness (QED) is 0.733. The first kappa shape index (κ1) is 10.4. The van der Waals surface area contributed by atoms with Gasteiger partial charge in [0, 0.05) is 24.0 Å². The van der Waals surface area contributed by atoms with E-state index in [-0.39, 0.29) is 6.04 Å². The van der Waals surface area contributed by atoms with Crippen LogP contribution >= 0.6 is 11.8 Å². The van der Waals surface area contributed by atoms with E-state index in [1.54, 1.807) is 0 Å². The maximum Gasteiger partial charge on any atom is 0.0479 e. The van der Waals surface area contributed by atoms with Gasteiger partial charge in [-0.2, -0.15) is 11.8 Å². The summed E-state index contributed by atoms with van der Waals surface area (Å²) in [5.74, 6) is 1.15. The molecule has 1 aliphatic heterocycles. The van der Waals surface area contributed by atoms with E-state index in [9.17, 15) is 0 Å². The molecule has 0 aromatic rings. The summed E-state index contributed by atoms with van der Waals surface area (Å²) < 4.78 is 5.65. The van der Waals surface area contributed by atoms with Crippen LogP contribution in [0.15, 0.2) is 0 Å². The Morgan fingerprint density at radius 1 is 1.50 bits per heavy atom. The predicted molar refractivity (Wildman–Crippen MR) is 54.6 cm³/mol. The Morgan fingerprint density at radius 2 is 2.08 bits per heavy atom. The highest BCUT2D eigenvalue weighted by molar-refractivity contribution is 8.00. The lowest BCUT2D eigenvalue weighted by Gasteiger charge is -2.39. The van der Waals surface area contributed by atoms with Gasteiger partial charge in [-0.3, -0.25) is 0 Å². The topological polar surface area (TPSA) is 35.2 Å². The van der Waals surface area contributed by atoms with E-state index in [4.69, 9.17) is 10.5 Å². The Kier molecular flexibility index (Phi) is 3.87.